The van der Waals surface area contributed by atoms with Gasteiger partial charge in [0.05, 0.1) is 5.75 Å². The van der Waals surface area contributed by atoms with E-state index in [9.17, 15) is 20.7 Å². The van der Waals surface area contributed by atoms with Crippen molar-refractivity contribution in [3.8, 4) is 0 Å². The summed E-state index contributed by atoms with van der Waals surface area (Å²) in [5, 5.41) is 1.59. The summed E-state index contributed by atoms with van der Waals surface area (Å²) in [5.41, 5.74) is 0. The topological polar surface area (TPSA) is 71.5 Å². The summed E-state index contributed by atoms with van der Waals surface area (Å²) in [6, 6.07) is 2.97. The van der Waals surface area contributed by atoms with Crippen LogP contribution in [0.15, 0.2) is 21.7 Å². The molecular weight excluding hydrogens is 277 g/mol. The van der Waals surface area contributed by atoms with Crippen molar-refractivity contribution < 1.29 is 20.7 Å². The SMILES string of the molecule is CN(CCS(=O)(=O)F)S(=O)(=O)c1cccs1. The number of hydrogen-bond donors (Lipinski definition) is 0. The number of nitrogens with zero attached hydrogens (tertiary/aromatic N) is 1. The molecular formula is C7H10FNO4S3. The summed E-state index contributed by atoms with van der Waals surface area (Å²) in [5.74, 6) is -0.839. The van der Waals surface area contributed by atoms with Crippen molar-refractivity contribution >= 4 is 31.6 Å². The minimum atomic E-state index is -4.65. The second kappa shape index (κ2) is 4.78. The van der Waals surface area contributed by atoms with Gasteiger partial charge in [0.25, 0.3) is 10.0 Å². The van der Waals surface area contributed by atoms with Crippen molar-refractivity contribution in [2.24, 2.45) is 0 Å². The minimum Gasteiger partial charge on any atom is -0.206 e. The Morgan fingerprint density at radius 1 is 1.38 bits per heavy atom. The summed E-state index contributed by atoms with van der Waals surface area (Å²) in [6.07, 6.45) is 0. The van der Waals surface area contributed by atoms with E-state index in [-0.39, 0.29) is 4.21 Å². The Kier molecular flexibility index (Phi) is 4.05. The number of sulfonamides is 1. The molecule has 0 radical (unpaired) electrons. The Morgan fingerprint density at radius 2 is 2.00 bits per heavy atom. The van der Waals surface area contributed by atoms with Gasteiger partial charge in [-0.05, 0) is 11.4 Å². The van der Waals surface area contributed by atoms with Crippen molar-refractivity contribution in [3.63, 3.8) is 0 Å². The maximum Gasteiger partial charge on any atom is 0.303 e. The van der Waals surface area contributed by atoms with Crippen LogP contribution < -0.4 is 0 Å². The molecule has 1 aromatic rings. The van der Waals surface area contributed by atoms with Gasteiger partial charge in [0.15, 0.2) is 0 Å². The largest absolute Gasteiger partial charge is 0.303 e. The van der Waals surface area contributed by atoms with Gasteiger partial charge in [-0.3, -0.25) is 0 Å². The minimum absolute atomic E-state index is 0.103. The molecule has 0 N–H and O–H groups in total. The van der Waals surface area contributed by atoms with E-state index in [0.29, 0.717) is 0 Å². The summed E-state index contributed by atoms with van der Waals surface area (Å²) in [7, 11) is -7.14. The molecule has 0 unspecified atom stereocenters. The molecule has 0 bridgehead atoms. The second-order valence-electron chi connectivity index (χ2n) is 3.00. The lowest BCUT2D eigenvalue weighted by molar-refractivity contribution is 0.481. The normalized spacial score (nSPS) is 13.2. The third-order valence-electron chi connectivity index (χ3n) is 1.81. The van der Waals surface area contributed by atoms with Gasteiger partial charge in [-0.1, -0.05) is 6.07 Å². The maximum atomic E-state index is 12.2. The smallest absolute Gasteiger partial charge is 0.206 e. The van der Waals surface area contributed by atoms with Crippen LogP contribution in [0.3, 0.4) is 0 Å². The number of hydrogen-bond acceptors (Lipinski definition) is 5. The summed E-state index contributed by atoms with van der Waals surface area (Å²) in [6.45, 7) is -0.404. The Labute approximate surface area is 97.8 Å². The zero-order chi connectivity index (χ0) is 12.4. The molecule has 9 heteroatoms. The van der Waals surface area contributed by atoms with Crippen molar-refractivity contribution in [2.45, 2.75) is 4.21 Å². The first-order valence-corrected chi connectivity index (χ1v) is 8.03. The Balaban J connectivity index is 2.79. The van der Waals surface area contributed by atoms with Crippen LogP contribution in [0.5, 0.6) is 0 Å². The molecule has 1 heterocycles. The molecule has 0 aliphatic carbocycles. The fourth-order valence-electron chi connectivity index (χ4n) is 0.922. The Morgan fingerprint density at radius 3 is 2.44 bits per heavy atom. The van der Waals surface area contributed by atoms with Gasteiger partial charge in [-0.15, -0.1) is 15.2 Å². The van der Waals surface area contributed by atoms with E-state index in [0.717, 1.165) is 15.6 Å². The van der Waals surface area contributed by atoms with Crippen LogP contribution in [0.1, 0.15) is 0 Å². The molecule has 1 rings (SSSR count). The zero-order valence-electron chi connectivity index (χ0n) is 8.33. The molecule has 0 fully saturated rings. The third-order valence-corrected chi connectivity index (χ3v) is 5.71. The molecule has 1 aromatic heterocycles. The highest BCUT2D eigenvalue weighted by molar-refractivity contribution is 7.91. The standard InChI is InChI=1S/C7H10FNO4S3/c1-9(4-6-15(8,10)11)16(12,13)7-3-2-5-14-7/h2-3,5H,4,6H2,1H3. The second-order valence-corrected chi connectivity index (χ2v) is 7.71. The summed E-state index contributed by atoms with van der Waals surface area (Å²) >= 11 is 1.02. The molecule has 0 atom stereocenters. The molecule has 0 saturated carbocycles. The first kappa shape index (κ1) is 13.6. The lowest BCUT2D eigenvalue weighted by Crippen LogP contribution is -2.30. The average molecular weight is 287 g/mol. The van der Waals surface area contributed by atoms with Crippen LogP contribution in [-0.2, 0) is 20.2 Å². The molecule has 0 aliphatic rings. The van der Waals surface area contributed by atoms with Crippen molar-refractivity contribution in [2.75, 3.05) is 19.3 Å². The van der Waals surface area contributed by atoms with E-state index in [4.69, 9.17) is 0 Å². The van der Waals surface area contributed by atoms with Gasteiger partial charge in [0, 0.05) is 13.6 Å². The highest BCUT2D eigenvalue weighted by Crippen LogP contribution is 2.19. The van der Waals surface area contributed by atoms with Gasteiger partial charge in [-0.2, -0.15) is 12.7 Å². The summed E-state index contributed by atoms with van der Waals surface area (Å²) < 4.78 is 57.1. The van der Waals surface area contributed by atoms with E-state index in [1.165, 1.54) is 13.1 Å². The predicted molar refractivity (Wildman–Crippen MR) is 59.0 cm³/mol. The van der Waals surface area contributed by atoms with Gasteiger partial charge < -0.3 is 0 Å². The highest BCUT2D eigenvalue weighted by Gasteiger charge is 2.23. The van der Waals surface area contributed by atoms with E-state index in [2.05, 4.69) is 0 Å². The monoisotopic (exact) mass is 287 g/mol. The molecule has 0 spiro atoms. The lowest BCUT2D eigenvalue weighted by atomic mass is 10.7. The predicted octanol–water partition coefficient (Wildman–Crippen LogP) is 0.668. The number of halogens is 1. The lowest BCUT2D eigenvalue weighted by Gasteiger charge is -2.14. The summed E-state index contributed by atoms with van der Waals surface area (Å²) in [4.78, 5) is 0. The Bertz CT molecular complexity index is 534. The first-order valence-electron chi connectivity index (χ1n) is 4.15. The molecule has 0 aliphatic heterocycles. The van der Waals surface area contributed by atoms with Gasteiger partial charge in [0.1, 0.15) is 4.21 Å². The third kappa shape index (κ3) is 3.51. The number of rotatable bonds is 5. The van der Waals surface area contributed by atoms with Crippen LogP contribution in [0, 0.1) is 0 Å². The van der Waals surface area contributed by atoms with Gasteiger partial charge >= 0.3 is 10.2 Å². The average Bonchev–Trinajstić information content (AvgIpc) is 2.65. The maximum absolute atomic E-state index is 12.2. The van der Waals surface area contributed by atoms with Crippen molar-refractivity contribution in [1.29, 1.82) is 0 Å². The van der Waals surface area contributed by atoms with Gasteiger partial charge in [0.2, 0.25) is 0 Å². The zero-order valence-corrected chi connectivity index (χ0v) is 10.8. The molecule has 0 saturated heterocycles. The first-order chi connectivity index (χ1) is 7.23. The van der Waals surface area contributed by atoms with E-state index < -0.39 is 32.5 Å². The van der Waals surface area contributed by atoms with Crippen LogP contribution in [0.2, 0.25) is 0 Å². The highest BCUT2D eigenvalue weighted by atomic mass is 32.3. The van der Waals surface area contributed by atoms with Crippen LogP contribution in [0.25, 0.3) is 0 Å². The number of thiophene rings is 1. The fourth-order valence-corrected chi connectivity index (χ4v) is 3.90. The van der Waals surface area contributed by atoms with E-state index in [1.807, 2.05) is 0 Å². The van der Waals surface area contributed by atoms with E-state index in [1.54, 1.807) is 11.4 Å². The van der Waals surface area contributed by atoms with Crippen LogP contribution in [0.4, 0.5) is 3.89 Å². The fraction of sp³-hybridized carbons (Fsp3) is 0.429. The quantitative estimate of drug-likeness (QED) is 0.746. The molecule has 5 nitrogen and oxygen atoms in total. The van der Waals surface area contributed by atoms with Gasteiger partial charge in [-0.25, -0.2) is 8.42 Å². The van der Waals surface area contributed by atoms with Crippen molar-refractivity contribution in [1.82, 2.24) is 4.31 Å². The van der Waals surface area contributed by atoms with Crippen LogP contribution in [-0.4, -0.2) is 40.5 Å². The molecule has 16 heavy (non-hydrogen) atoms. The van der Waals surface area contributed by atoms with Crippen molar-refractivity contribution in [3.05, 3.63) is 17.5 Å². The van der Waals surface area contributed by atoms with Crippen LogP contribution >= 0.6 is 11.3 Å². The molecule has 0 amide bonds. The molecule has 92 valence electrons. The molecule has 0 aromatic carbocycles. The Hall–Kier alpha value is -0.510. The van der Waals surface area contributed by atoms with E-state index >= 15 is 0 Å².